The molecule has 18 heavy (non-hydrogen) atoms. The van der Waals surface area contributed by atoms with Crippen molar-refractivity contribution in [3.63, 3.8) is 0 Å². The van der Waals surface area contributed by atoms with Crippen LogP contribution in [0.4, 0.5) is 0 Å². The molecule has 0 fully saturated rings. The van der Waals surface area contributed by atoms with E-state index in [1.165, 1.54) is 5.56 Å². The van der Waals surface area contributed by atoms with E-state index in [1.54, 1.807) is 11.8 Å². The molecule has 5 heteroatoms. The van der Waals surface area contributed by atoms with Gasteiger partial charge in [0.15, 0.2) is 5.65 Å². The summed E-state index contributed by atoms with van der Waals surface area (Å²) in [5, 5.41) is 10.7. The summed E-state index contributed by atoms with van der Waals surface area (Å²) in [5.74, 6) is 0. The van der Waals surface area contributed by atoms with Crippen LogP contribution in [0.5, 0.6) is 0 Å². The monoisotopic (exact) mass is 258 g/mol. The van der Waals surface area contributed by atoms with E-state index in [2.05, 4.69) is 59.1 Å². The van der Waals surface area contributed by atoms with Crippen LogP contribution >= 0.6 is 11.8 Å². The minimum atomic E-state index is 0.455. The predicted octanol–water partition coefficient (Wildman–Crippen LogP) is 3.32. The molecule has 0 unspecified atom stereocenters. The number of hydrogen-bond acceptors (Lipinski definition) is 4. The first-order valence-electron chi connectivity index (χ1n) is 5.93. The van der Waals surface area contributed by atoms with Crippen molar-refractivity contribution in [3.05, 3.63) is 23.8 Å². The zero-order chi connectivity index (χ0) is 12.7. The van der Waals surface area contributed by atoms with E-state index in [4.69, 9.17) is 0 Å². The zero-order valence-electron chi connectivity index (χ0n) is 10.6. The van der Waals surface area contributed by atoms with Crippen LogP contribution in [-0.2, 0) is 0 Å². The maximum Gasteiger partial charge on any atom is 0.211 e. The average molecular weight is 258 g/mol. The Bertz CT molecular complexity index is 717. The first-order chi connectivity index (χ1) is 8.63. The second kappa shape index (κ2) is 4.24. The van der Waals surface area contributed by atoms with E-state index in [-0.39, 0.29) is 0 Å². The lowest BCUT2D eigenvalue weighted by Gasteiger charge is -2.00. The van der Waals surface area contributed by atoms with Gasteiger partial charge in [-0.2, -0.15) is 0 Å². The van der Waals surface area contributed by atoms with Crippen molar-refractivity contribution in [2.24, 2.45) is 0 Å². The quantitative estimate of drug-likeness (QED) is 0.716. The van der Waals surface area contributed by atoms with Gasteiger partial charge < -0.3 is 4.98 Å². The summed E-state index contributed by atoms with van der Waals surface area (Å²) < 4.78 is 0. The normalized spacial score (nSPS) is 11.8. The van der Waals surface area contributed by atoms with Crippen LogP contribution in [-0.4, -0.2) is 25.4 Å². The van der Waals surface area contributed by atoms with Crippen molar-refractivity contribution >= 4 is 33.8 Å². The maximum atomic E-state index is 4.52. The van der Waals surface area contributed by atoms with Crippen molar-refractivity contribution in [2.75, 3.05) is 0 Å². The first-order valence-corrected chi connectivity index (χ1v) is 6.81. The van der Waals surface area contributed by atoms with Crippen molar-refractivity contribution in [1.82, 2.24) is 20.2 Å². The summed E-state index contributed by atoms with van der Waals surface area (Å²) in [7, 11) is 0. The van der Waals surface area contributed by atoms with E-state index >= 15 is 0 Å². The predicted molar refractivity (Wildman–Crippen MR) is 74.9 cm³/mol. The SMILES string of the molecule is Cc1ccc2[nH]c3nc(SC(C)C)nnc3c2c1. The van der Waals surface area contributed by atoms with Gasteiger partial charge in [0.05, 0.1) is 0 Å². The number of thioether (sulfide) groups is 1. The molecule has 0 atom stereocenters. The number of aromatic amines is 1. The third-order valence-corrected chi connectivity index (χ3v) is 3.55. The van der Waals surface area contributed by atoms with E-state index in [9.17, 15) is 0 Å². The number of rotatable bonds is 2. The third-order valence-electron chi connectivity index (χ3n) is 2.69. The summed E-state index contributed by atoms with van der Waals surface area (Å²) in [6, 6.07) is 6.25. The minimum absolute atomic E-state index is 0.455. The molecule has 0 amide bonds. The Balaban J connectivity index is 2.20. The molecule has 2 heterocycles. The number of nitrogens with zero attached hydrogens (tertiary/aromatic N) is 3. The average Bonchev–Trinajstić information content (AvgIpc) is 2.65. The fraction of sp³-hybridized carbons (Fsp3) is 0.308. The summed E-state index contributed by atoms with van der Waals surface area (Å²) in [4.78, 5) is 7.81. The molecule has 92 valence electrons. The fourth-order valence-corrected chi connectivity index (χ4v) is 2.58. The van der Waals surface area contributed by atoms with E-state index < -0.39 is 0 Å². The summed E-state index contributed by atoms with van der Waals surface area (Å²) >= 11 is 1.62. The summed E-state index contributed by atoms with van der Waals surface area (Å²) in [5.41, 5.74) is 3.94. The Morgan fingerprint density at radius 3 is 2.83 bits per heavy atom. The Labute approximate surface area is 109 Å². The van der Waals surface area contributed by atoms with Crippen LogP contribution < -0.4 is 0 Å². The molecule has 0 aliphatic rings. The highest BCUT2D eigenvalue weighted by Crippen LogP contribution is 2.25. The van der Waals surface area contributed by atoms with Gasteiger partial charge in [0.1, 0.15) is 5.52 Å². The molecule has 1 aromatic carbocycles. The number of aryl methyl sites for hydroxylation is 1. The Kier molecular flexibility index (Phi) is 2.70. The third kappa shape index (κ3) is 1.95. The van der Waals surface area contributed by atoms with Gasteiger partial charge in [0.2, 0.25) is 5.16 Å². The number of aromatic nitrogens is 4. The Morgan fingerprint density at radius 1 is 1.22 bits per heavy atom. The molecule has 0 aliphatic heterocycles. The fourth-order valence-electron chi connectivity index (χ4n) is 1.93. The smallest absolute Gasteiger partial charge is 0.211 e. The molecule has 0 saturated heterocycles. The molecular weight excluding hydrogens is 244 g/mol. The van der Waals surface area contributed by atoms with Gasteiger partial charge in [-0.05, 0) is 19.1 Å². The van der Waals surface area contributed by atoms with Crippen LogP contribution in [0, 0.1) is 6.92 Å². The molecule has 1 N–H and O–H groups in total. The number of H-pyrrole nitrogens is 1. The second-order valence-corrected chi connectivity index (χ2v) is 6.18. The molecule has 0 bridgehead atoms. The van der Waals surface area contributed by atoms with E-state index in [0.29, 0.717) is 5.25 Å². The van der Waals surface area contributed by atoms with Crippen LogP contribution in [0.3, 0.4) is 0 Å². The molecule has 0 spiro atoms. The van der Waals surface area contributed by atoms with Gasteiger partial charge in [-0.25, -0.2) is 4.98 Å². The number of benzene rings is 1. The summed E-state index contributed by atoms with van der Waals surface area (Å²) in [6.45, 7) is 6.31. The van der Waals surface area contributed by atoms with Crippen LogP contribution in [0.25, 0.3) is 22.1 Å². The Hall–Kier alpha value is -1.62. The van der Waals surface area contributed by atoms with Crippen LogP contribution in [0.1, 0.15) is 19.4 Å². The second-order valence-electron chi connectivity index (χ2n) is 4.63. The zero-order valence-corrected chi connectivity index (χ0v) is 11.4. The van der Waals surface area contributed by atoms with Gasteiger partial charge in [-0.3, -0.25) is 0 Å². The lowest BCUT2D eigenvalue weighted by atomic mass is 10.2. The number of hydrogen-bond donors (Lipinski definition) is 1. The first kappa shape index (κ1) is 11.5. The van der Waals surface area contributed by atoms with E-state index in [0.717, 1.165) is 27.2 Å². The van der Waals surface area contributed by atoms with Gasteiger partial charge >= 0.3 is 0 Å². The highest BCUT2D eigenvalue weighted by molar-refractivity contribution is 7.99. The van der Waals surface area contributed by atoms with Gasteiger partial charge in [-0.15, -0.1) is 10.2 Å². The van der Waals surface area contributed by atoms with Crippen LogP contribution in [0.2, 0.25) is 0 Å². The lowest BCUT2D eigenvalue weighted by Crippen LogP contribution is -1.95. The van der Waals surface area contributed by atoms with Crippen LogP contribution in [0.15, 0.2) is 23.4 Å². The van der Waals surface area contributed by atoms with Crippen molar-refractivity contribution < 1.29 is 0 Å². The van der Waals surface area contributed by atoms with Gasteiger partial charge in [0.25, 0.3) is 0 Å². The van der Waals surface area contributed by atoms with E-state index in [1.807, 2.05) is 0 Å². The van der Waals surface area contributed by atoms with Gasteiger partial charge in [-0.1, -0.05) is 37.2 Å². The highest BCUT2D eigenvalue weighted by atomic mass is 32.2. The molecule has 4 nitrogen and oxygen atoms in total. The molecule has 3 rings (SSSR count). The minimum Gasteiger partial charge on any atom is -0.338 e. The number of fused-ring (bicyclic) bond motifs is 3. The van der Waals surface area contributed by atoms with Crippen molar-refractivity contribution in [1.29, 1.82) is 0 Å². The largest absolute Gasteiger partial charge is 0.338 e. The molecule has 0 aliphatic carbocycles. The topological polar surface area (TPSA) is 54.5 Å². The molecule has 0 saturated carbocycles. The van der Waals surface area contributed by atoms with Crippen molar-refractivity contribution in [3.8, 4) is 0 Å². The van der Waals surface area contributed by atoms with Crippen molar-refractivity contribution in [2.45, 2.75) is 31.2 Å². The standard InChI is InChI=1S/C13H14N4S/c1-7(2)18-13-15-12-11(16-17-13)9-6-8(3)4-5-10(9)14-12/h4-7H,1-3H3,(H,14,15,17). The molecule has 2 aromatic heterocycles. The summed E-state index contributed by atoms with van der Waals surface area (Å²) in [6.07, 6.45) is 0. The molecule has 3 aromatic rings. The van der Waals surface area contributed by atoms with Gasteiger partial charge in [0, 0.05) is 16.2 Å². The Morgan fingerprint density at radius 2 is 2.06 bits per heavy atom. The molecular formula is C13H14N4S. The maximum absolute atomic E-state index is 4.52. The lowest BCUT2D eigenvalue weighted by molar-refractivity contribution is 0.872. The number of nitrogens with one attached hydrogen (secondary N) is 1. The molecule has 0 radical (unpaired) electrons. The highest BCUT2D eigenvalue weighted by Gasteiger charge is 2.10.